The normalized spacial score (nSPS) is 14.1. The Kier molecular flexibility index (Phi) is 5.49. The van der Waals surface area contributed by atoms with Crippen LogP contribution >= 0.6 is 0 Å². The third kappa shape index (κ3) is 4.49. The summed E-state index contributed by atoms with van der Waals surface area (Å²) in [5.74, 6) is -1.37. The van der Waals surface area contributed by atoms with Gasteiger partial charge in [-0.15, -0.1) is 0 Å². The summed E-state index contributed by atoms with van der Waals surface area (Å²) in [6.45, 7) is 2.24. The monoisotopic (exact) mass is 376 g/mol. The highest BCUT2D eigenvalue weighted by molar-refractivity contribution is 5.81. The largest absolute Gasteiger partial charge is 0.376 e. The number of hydrogen-bond donors (Lipinski definition) is 1. The van der Waals surface area contributed by atoms with Gasteiger partial charge < -0.3 is 15.1 Å². The summed E-state index contributed by atoms with van der Waals surface area (Å²) in [5, 5.41) is 13.6. The molecule has 142 valence electrons. The van der Waals surface area contributed by atoms with Crippen molar-refractivity contribution in [3.8, 4) is 0 Å². The van der Waals surface area contributed by atoms with Gasteiger partial charge in [0.15, 0.2) is 0 Å². The topological polar surface area (TPSA) is 78.7 Å². The molecular formula is C18H18F2N4O3. The van der Waals surface area contributed by atoms with Gasteiger partial charge in [0.05, 0.1) is 11.5 Å². The van der Waals surface area contributed by atoms with E-state index in [0.717, 1.165) is 17.8 Å². The van der Waals surface area contributed by atoms with Crippen molar-refractivity contribution in [3.63, 3.8) is 0 Å². The fourth-order valence-corrected chi connectivity index (χ4v) is 2.92. The molecule has 1 N–H and O–H groups in total. The minimum Gasteiger partial charge on any atom is -0.376 e. The summed E-state index contributed by atoms with van der Waals surface area (Å²) in [6.07, 6.45) is 0. The lowest BCUT2D eigenvalue weighted by Crippen LogP contribution is -2.50. The van der Waals surface area contributed by atoms with Gasteiger partial charge in [0.1, 0.15) is 5.82 Å². The molecule has 3 rings (SSSR count). The van der Waals surface area contributed by atoms with Crippen LogP contribution in [0.5, 0.6) is 0 Å². The maximum atomic E-state index is 13.3. The van der Waals surface area contributed by atoms with Crippen LogP contribution in [0, 0.1) is 21.7 Å². The molecule has 27 heavy (non-hydrogen) atoms. The summed E-state index contributed by atoms with van der Waals surface area (Å²) < 4.78 is 26.3. The molecule has 0 aliphatic carbocycles. The van der Waals surface area contributed by atoms with Gasteiger partial charge in [-0.2, -0.15) is 4.39 Å². The molecule has 2 aromatic carbocycles. The number of carbonyl (C=O) groups is 1. The molecule has 0 aromatic heterocycles. The standard InChI is InChI=1S/C18H18F2N4O3/c19-13-1-4-15(5-2-13)22-7-9-23(10-8-22)18(25)12-21-14-3-6-16(20)17(11-14)24(26)27/h1-6,11,21H,7-10,12H2. The quantitative estimate of drug-likeness (QED) is 0.641. The molecule has 1 amide bonds. The van der Waals surface area contributed by atoms with E-state index < -0.39 is 16.4 Å². The molecule has 0 radical (unpaired) electrons. The Morgan fingerprint density at radius 1 is 1.07 bits per heavy atom. The van der Waals surface area contributed by atoms with Crippen LogP contribution in [0.15, 0.2) is 42.5 Å². The maximum absolute atomic E-state index is 13.3. The number of piperazine rings is 1. The van der Waals surface area contributed by atoms with Crippen molar-refractivity contribution < 1.29 is 18.5 Å². The average molecular weight is 376 g/mol. The number of nitrogens with zero attached hydrogens (tertiary/aromatic N) is 3. The van der Waals surface area contributed by atoms with E-state index in [0.29, 0.717) is 31.9 Å². The second-order valence-corrected chi connectivity index (χ2v) is 6.12. The maximum Gasteiger partial charge on any atom is 0.306 e. The number of nitro groups is 1. The summed E-state index contributed by atoms with van der Waals surface area (Å²) in [6, 6.07) is 9.62. The molecule has 2 aromatic rings. The number of nitro benzene ring substituents is 1. The zero-order valence-electron chi connectivity index (χ0n) is 14.4. The van der Waals surface area contributed by atoms with Crippen LogP contribution in [0.4, 0.5) is 25.8 Å². The Balaban J connectivity index is 1.52. The highest BCUT2D eigenvalue weighted by Crippen LogP contribution is 2.21. The van der Waals surface area contributed by atoms with Gasteiger partial charge in [-0.3, -0.25) is 14.9 Å². The van der Waals surface area contributed by atoms with Crippen molar-refractivity contribution in [1.29, 1.82) is 0 Å². The first-order chi connectivity index (χ1) is 12.9. The van der Waals surface area contributed by atoms with Crippen molar-refractivity contribution in [2.45, 2.75) is 0 Å². The van der Waals surface area contributed by atoms with Gasteiger partial charge >= 0.3 is 5.69 Å². The van der Waals surface area contributed by atoms with E-state index in [4.69, 9.17) is 0 Å². The second-order valence-electron chi connectivity index (χ2n) is 6.12. The molecule has 9 heteroatoms. The smallest absolute Gasteiger partial charge is 0.306 e. The zero-order chi connectivity index (χ0) is 19.4. The lowest BCUT2D eigenvalue weighted by molar-refractivity contribution is -0.387. The number of nitrogens with one attached hydrogen (secondary N) is 1. The van der Waals surface area contributed by atoms with E-state index >= 15 is 0 Å². The lowest BCUT2D eigenvalue weighted by atomic mass is 10.2. The number of hydrogen-bond acceptors (Lipinski definition) is 5. The highest BCUT2D eigenvalue weighted by Gasteiger charge is 2.21. The first kappa shape index (κ1) is 18.6. The second kappa shape index (κ2) is 7.98. The Labute approximate surface area is 154 Å². The first-order valence-corrected chi connectivity index (χ1v) is 8.40. The number of carbonyl (C=O) groups excluding carboxylic acids is 1. The molecule has 1 aliphatic rings. The van der Waals surface area contributed by atoms with Gasteiger partial charge in [-0.25, -0.2) is 4.39 Å². The Morgan fingerprint density at radius 3 is 2.37 bits per heavy atom. The summed E-state index contributed by atoms with van der Waals surface area (Å²) in [7, 11) is 0. The Hall–Kier alpha value is -3.23. The summed E-state index contributed by atoms with van der Waals surface area (Å²) in [5.41, 5.74) is 0.571. The Morgan fingerprint density at radius 2 is 1.74 bits per heavy atom. The average Bonchev–Trinajstić information content (AvgIpc) is 2.67. The van der Waals surface area contributed by atoms with Crippen molar-refractivity contribution in [2.24, 2.45) is 0 Å². The van der Waals surface area contributed by atoms with E-state index in [9.17, 15) is 23.7 Å². The molecular weight excluding hydrogens is 358 g/mol. The molecule has 0 unspecified atom stereocenters. The van der Waals surface area contributed by atoms with Crippen molar-refractivity contribution in [1.82, 2.24) is 4.90 Å². The lowest BCUT2D eigenvalue weighted by Gasteiger charge is -2.36. The van der Waals surface area contributed by atoms with Crippen LogP contribution in [0.1, 0.15) is 0 Å². The van der Waals surface area contributed by atoms with Crippen LogP contribution in [-0.4, -0.2) is 48.5 Å². The van der Waals surface area contributed by atoms with Crippen LogP contribution in [-0.2, 0) is 4.79 Å². The van der Waals surface area contributed by atoms with Crippen molar-refractivity contribution in [2.75, 3.05) is 42.9 Å². The predicted octanol–water partition coefficient (Wildman–Crippen LogP) is 2.63. The van der Waals surface area contributed by atoms with Crippen molar-refractivity contribution >= 4 is 23.0 Å². The molecule has 1 fully saturated rings. The molecule has 7 nitrogen and oxygen atoms in total. The van der Waals surface area contributed by atoms with Gasteiger partial charge in [0.25, 0.3) is 0 Å². The van der Waals surface area contributed by atoms with Gasteiger partial charge in [-0.05, 0) is 36.4 Å². The molecule has 0 bridgehead atoms. The number of amides is 1. The molecule has 0 saturated carbocycles. The third-order valence-electron chi connectivity index (χ3n) is 4.41. The Bertz CT molecular complexity index is 837. The summed E-state index contributed by atoms with van der Waals surface area (Å²) >= 11 is 0. The molecule has 1 heterocycles. The SMILES string of the molecule is O=C(CNc1ccc(F)c([N+](=O)[O-])c1)N1CCN(c2ccc(F)cc2)CC1. The third-order valence-corrected chi connectivity index (χ3v) is 4.41. The van der Waals surface area contributed by atoms with Crippen molar-refractivity contribution in [3.05, 3.63) is 64.2 Å². The van der Waals surface area contributed by atoms with E-state index in [1.165, 1.54) is 18.2 Å². The predicted molar refractivity (Wildman–Crippen MR) is 96.7 cm³/mol. The van der Waals surface area contributed by atoms with E-state index in [1.807, 2.05) is 0 Å². The van der Waals surface area contributed by atoms with Gasteiger partial charge in [0, 0.05) is 43.6 Å². The fraction of sp³-hybridized carbons (Fsp3) is 0.278. The number of halogens is 2. The van der Waals surface area contributed by atoms with Gasteiger partial charge in [-0.1, -0.05) is 0 Å². The highest BCUT2D eigenvalue weighted by atomic mass is 19.1. The minimum absolute atomic E-state index is 0.0423. The van der Waals surface area contributed by atoms with E-state index in [1.54, 1.807) is 17.0 Å². The number of anilines is 2. The molecule has 1 aliphatic heterocycles. The van der Waals surface area contributed by atoms with Gasteiger partial charge in [0.2, 0.25) is 11.7 Å². The first-order valence-electron chi connectivity index (χ1n) is 8.40. The number of benzene rings is 2. The minimum atomic E-state index is -0.922. The zero-order valence-corrected chi connectivity index (χ0v) is 14.4. The molecule has 0 spiro atoms. The van der Waals surface area contributed by atoms with Crippen LogP contribution in [0.2, 0.25) is 0 Å². The van der Waals surface area contributed by atoms with Crippen LogP contribution in [0.3, 0.4) is 0 Å². The van der Waals surface area contributed by atoms with Crippen LogP contribution < -0.4 is 10.2 Å². The fourth-order valence-electron chi connectivity index (χ4n) is 2.92. The van der Waals surface area contributed by atoms with E-state index in [-0.39, 0.29) is 18.3 Å². The van der Waals surface area contributed by atoms with E-state index in [2.05, 4.69) is 10.2 Å². The number of rotatable bonds is 5. The molecule has 0 atom stereocenters. The van der Waals surface area contributed by atoms with Crippen LogP contribution in [0.25, 0.3) is 0 Å². The molecule has 1 saturated heterocycles. The summed E-state index contributed by atoms with van der Waals surface area (Å²) in [4.78, 5) is 26.0.